The van der Waals surface area contributed by atoms with Crippen LogP contribution in [0.25, 0.3) is 0 Å². The zero-order valence-electron chi connectivity index (χ0n) is 11.1. The van der Waals surface area contributed by atoms with Crippen LogP contribution in [0.5, 0.6) is 0 Å². The molecule has 1 aromatic rings. The SMILES string of the molecule is CN(C)CC(C)(C)Cn1cc(C#N)c(=O)[nH]c1=O. The topological polar surface area (TPSA) is 81.9 Å². The van der Waals surface area contributed by atoms with Crippen molar-refractivity contribution in [2.75, 3.05) is 20.6 Å². The molecule has 0 aliphatic carbocycles. The van der Waals surface area contributed by atoms with Crippen LogP contribution < -0.4 is 11.2 Å². The molecule has 0 unspecified atom stereocenters. The second-order valence-corrected chi connectivity index (χ2v) is 5.44. The first-order chi connectivity index (χ1) is 8.25. The van der Waals surface area contributed by atoms with Crippen molar-refractivity contribution in [2.45, 2.75) is 20.4 Å². The summed E-state index contributed by atoms with van der Waals surface area (Å²) < 4.78 is 1.38. The quantitative estimate of drug-likeness (QED) is 0.815. The van der Waals surface area contributed by atoms with Gasteiger partial charge in [-0.3, -0.25) is 14.3 Å². The van der Waals surface area contributed by atoms with Crippen molar-refractivity contribution in [1.29, 1.82) is 5.26 Å². The summed E-state index contributed by atoms with van der Waals surface area (Å²) >= 11 is 0. The fourth-order valence-corrected chi connectivity index (χ4v) is 2.07. The minimum Gasteiger partial charge on any atom is -0.309 e. The van der Waals surface area contributed by atoms with Crippen molar-refractivity contribution >= 4 is 0 Å². The molecule has 6 nitrogen and oxygen atoms in total. The average molecular weight is 250 g/mol. The molecule has 0 saturated carbocycles. The molecule has 98 valence electrons. The zero-order valence-corrected chi connectivity index (χ0v) is 11.1. The zero-order chi connectivity index (χ0) is 13.9. The van der Waals surface area contributed by atoms with Crippen molar-refractivity contribution < 1.29 is 0 Å². The Morgan fingerprint density at radius 3 is 2.56 bits per heavy atom. The van der Waals surface area contributed by atoms with E-state index in [2.05, 4.69) is 4.98 Å². The van der Waals surface area contributed by atoms with Crippen LogP contribution in [0.15, 0.2) is 15.8 Å². The van der Waals surface area contributed by atoms with E-state index >= 15 is 0 Å². The average Bonchev–Trinajstić information content (AvgIpc) is 2.19. The molecule has 1 N–H and O–H groups in total. The molecule has 0 bridgehead atoms. The van der Waals surface area contributed by atoms with Gasteiger partial charge in [-0.25, -0.2) is 4.79 Å². The standard InChI is InChI=1S/C12H18N4O2/c1-12(2,7-15(3)4)8-16-6-9(5-13)10(17)14-11(16)18/h6H,7-8H2,1-4H3,(H,14,17,18). The van der Waals surface area contributed by atoms with Crippen LogP contribution in [0.1, 0.15) is 19.4 Å². The van der Waals surface area contributed by atoms with Gasteiger partial charge in [-0.15, -0.1) is 0 Å². The van der Waals surface area contributed by atoms with Gasteiger partial charge in [-0.1, -0.05) is 13.8 Å². The van der Waals surface area contributed by atoms with Gasteiger partial charge in [0.05, 0.1) is 0 Å². The number of nitrogens with one attached hydrogen (secondary N) is 1. The molecule has 0 aliphatic rings. The van der Waals surface area contributed by atoms with E-state index in [1.807, 2.05) is 32.8 Å². The molecule has 0 radical (unpaired) electrons. The fraction of sp³-hybridized carbons (Fsp3) is 0.583. The molecular weight excluding hydrogens is 232 g/mol. The molecule has 0 fully saturated rings. The summed E-state index contributed by atoms with van der Waals surface area (Å²) in [4.78, 5) is 27.1. The highest BCUT2D eigenvalue weighted by Crippen LogP contribution is 2.17. The lowest BCUT2D eigenvalue weighted by molar-refractivity contribution is 0.208. The van der Waals surface area contributed by atoms with E-state index in [9.17, 15) is 9.59 Å². The normalized spacial score (nSPS) is 11.6. The summed E-state index contributed by atoms with van der Waals surface area (Å²) in [5.74, 6) is 0. The Balaban J connectivity index is 3.09. The minimum atomic E-state index is -0.635. The first-order valence-corrected chi connectivity index (χ1v) is 5.64. The van der Waals surface area contributed by atoms with Crippen LogP contribution in [0.3, 0.4) is 0 Å². The third-order valence-electron chi connectivity index (χ3n) is 2.47. The van der Waals surface area contributed by atoms with E-state index < -0.39 is 11.2 Å². The van der Waals surface area contributed by atoms with Crippen LogP contribution in [0.4, 0.5) is 0 Å². The lowest BCUT2D eigenvalue weighted by Gasteiger charge is -2.28. The predicted molar refractivity (Wildman–Crippen MR) is 68.4 cm³/mol. The molecule has 6 heteroatoms. The van der Waals surface area contributed by atoms with Gasteiger partial charge in [-0.05, 0) is 19.5 Å². The van der Waals surface area contributed by atoms with Gasteiger partial charge < -0.3 is 4.90 Å². The van der Waals surface area contributed by atoms with Gasteiger partial charge in [0.25, 0.3) is 5.56 Å². The third kappa shape index (κ3) is 3.57. The molecule has 0 aliphatic heterocycles. The monoisotopic (exact) mass is 250 g/mol. The number of hydrogen-bond acceptors (Lipinski definition) is 4. The minimum absolute atomic E-state index is 0.0461. The van der Waals surface area contributed by atoms with E-state index in [-0.39, 0.29) is 11.0 Å². The second-order valence-electron chi connectivity index (χ2n) is 5.44. The van der Waals surface area contributed by atoms with E-state index in [1.54, 1.807) is 6.07 Å². The Labute approximate surface area is 105 Å². The number of H-pyrrole nitrogens is 1. The smallest absolute Gasteiger partial charge is 0.309 e. The van der Waals surface area contributed by atoms with Gasteiger partial charge in [0.1, 0.15) is 11.6 Å². The fourth-order valence-electron chi connectivity index (χ4n) is 2.07. The van der Waals surface area contributed by atoms with Crippen LogP contribution in [-0.4, -0.2) is 35.1 Å². The highest BCUT2D eigenvalue weighted by molar-refractivity contribution is 5.21. The summed E-state index contributed by atoms with van der Waals surface area (Å²) in [6.45, 7) is 5.28. The summed E-state index contributed by atoms with van der Waals surface area (Å²) in [6.07, 6.45) is 1.32. The molecule has 0 spiro atoms. The highest BCUT2D eigenvalue weighted by atomic mass is 16.2. The Morgan fingerprint density at radius 2 is 2.06 bits per heavy atom. The number of aromatic amines is 1. The Hall–Kier alpha value is -1.87. The first-order valence-electron chi connectivity index (χ1n) is 5.64. The number of nitriles is 1. The molecule has 0 atom stereocenters. The molecule has 1 rings (SSSR count). The van der Waals surface area contributed by atoms with Gasteiger partial charge in [0.15, 0.2) is 0 Å². The van der Waals surface area contributed by atoms with Crippen LogP contribution >= 0.6 is 0 Å². The maximum atomic E-state index is 11.7. The molecule has 1 heterocycles. The van der Waals surface area contributed by atoms with E-state index in [0.29, 0.717) is 6.54 Å². The van der Waals surface area contributed by atoms with Gasteiger partial charge in [0.2, 0.25) is 0 Å². The highest BCUT2D eigenvalue weighted by Gasteiger charge is 2.20. The largest absolute Gasteiger partial charge is 0.328 e. The summed E-state index contributed by atoms with van der Waals surface area (Å²) in [5, 5.41) is 8.78. The maximum Gasteiger partial charge on any atom is 0.328 e. The molecule has 1 aromatic heterocycles. The predicted octanol–water partition coefficient (Wildman–Crippen LogP) is -0.00392. The van der Waals surface area contributed by atoms with Crippen molar-refractivity contribution in [1.82, 2.24) is 14.5 Å². The number of rotatable bonds is 4. The Morgan fingerprint density at radius 1 is 1.44 bits per heavy atom. The lowest BCUT2D eigenvalue weighted by Crippen LogP contribution is -2.38. The van der Waals surface area contributed by atoms with Gasteiger partial charge in [0, 0.05) is 19.3 Å². The molecule has 0 aromatic carbocycles. The third-order valence-corrected chi connectivity index (χ3v) is 2.47. The Kier molecular flexibility index (Phi) is 4.09. The molecule has 0 amide bonds. The van der Waals surface area contributed by atoms with Crippen LogP contribution in [-0.2, 0) is 6.54 Å². The van der Waals surface area contributed by atoms with Crippen LogP contribution in [0, 0.1) is 16.7 Å². The second kappa shape index (κ2) is 5.19. The van der Waals surface area contributed by atoms with Gasteiger partial charge in [-0.2, -0.15) is 5.26 Å². The van der Waals surface area contributed by atoms with E-state index in [1.165, 1.54) is 10.8 Å². The summed E-state index contributed by atoms with van der Waals surface area (Å²) in [6, 6.07) is 1.78. The molecular formula is C12H18N4O2. The van der Waals surface area contributed by atoms with Crippen LogP contribution in [0.2, 0.25) is 0 Å². The van der Waals surface area contributed by atoms with Gasteiger partial charge >= 0.3 is 5.69 Å². The number of aromatic nitrogens is 2. The van der Waals surface area contributed by atoms with Crippen molar-refractivity contribution in [3.05, 3.63) is 32.6 Å². The number of nitrogens with zero attached hydrogens (tertiary/aromatic N) is 3. The number of hydrogen-bond donors (Lipinski definition) is 1. The van der Waals surface area contributed by atoms with Crippen molar-refractivity contribution in [2.24, 2.45) is 5.41 Å². The van der Waals surface area contributed by atoms with E-state index in [4.69, 9.17) is 5.26 Å². The van der Waals surface area contributed by atoms with Crippen molar-refractivity contribution in [3.8, 4) is 6.07 Å². The molecule has 18 heavy (non-hydrogen) atoms. The summed E-state index contributed by atoms with van der Waals surface area (Å²) in [5.41, 5.74) is -1.30. The molecule has 0 saturated heterocycles. The maximum absolute atomic E-state index is 11.7. The lowest BCUT2D eigenvalue weighted by atomic mass is 9.93. The summed E-state index contributed by atoms with van der Waals surface area (Å²) in [7, 11) is 3.91. The Bertz CT molecular complexity index is 575. The first kappa shape index (κ1) is 14.2. The van der Waals surface area contributed by atoms with Crippen molar-refractivity contribution in [3.63, 3.8) is 0 Å². The van der Waals surface area contributed by atoms with E-state index in [0.717, 1.165) is 6.54 Å².